The number of halogens is 1. The molecule has 1 aromatic heterocycles. The van der Waals surface area contributed by atoms with E-state index in [1.165, 1.54) is 10.7 Å². The van der Waals surface area contributed by atoms with Crippen molar-refractivity contribution in [2.45, 2.75) is 24.5 Å². The van der Waals surface area contributed by atoms with Gasteiger partial charge in [0.05, 0.1) is 32.7 Å². The molecule has 0 atom stereocenters. The van der Waals surface area contributed by atoms with E-state index in [1.807, 2.05) is 0 Å². The highest BCUT2D eigenvalue weighted by molar-refractivity contribution is 7.90. The van der Waals surface area contributed by atoms with E-state index in [0.29, 0.717) is 16.4 Å². The SMILES string of the molecule is Cc1cccc(S(=O)(=O)Cc2c(Cl)c(C)nn2C)c1N. The predicted octanol–water partition coefficient (Wildman–Crippen LogP) is 2.25. The highest BCUT2D eigenvalue weighted by Crippen LogP contribution is 2.28. The van der Waals surface area contributed by atoms with Crippen LogP contribution in [0, 0.1) is 13.8 Å². The van der Waals surface area contributed by atoms with Crippen molar-refractivity contribution in [1.82, 2.24) is 9.78 Å². The Morgan fingerprint density at radius 1 is 1.35 bits per heavy atom. The van der Waals surface area contributed by atoms with Gasteiger partial charge in [-0.2, -0.15) is 5.10 Å². The van der Waals surface area contributed by atoms with Crippen LogP contribution in [-0.2, 0) is 22.6 Å². The van der Waals surface area contributed by atoms with Crippen molar-refractivity contribution < 1.29 is 8.42 Å². The summed E-state index contributed by atoms with van der Waals surface area (Å²) in [7, 11) is -1.90. The number of hydrogen-bond acceptors (Lipinski definition) is 4. The predicted molar refractivity (Wildman–Crippen MR) is 79.4 cm³/mol. The number of aromatic nitrogens is 2. The van der Waals surface area contributed by atoms with Gasteiger partial charge in [-0.05, 0) is 25.5 Å². The maximum absolute atomic E-state index is 12.5. The molecule has 0 bridgehead atoms. The van der Waals surface area contributed by atoms with Gasteiger partial charge in [-0.3, -0.25) is 4.68 Å². The van der Waals surface area contributed by atoms with Crippen molar-refractivity contribution in [2.75, 3.05) is 5.73 Å². The lowest BCUT2D eigenvalue weighted by Gasteiger charge is -2.10. The topological polar surface area (TPSA) is 78.0 Å². The number of nitrogens with two attached hydrogens (primary N) is 1. The quantitative estimate of drug-likeness (QED) is 0.882. The molecule has 0 saturated heterocycles. The molecule has 0 radical (unpaired) electrons. The second-order valence-corrected chi connectivity index (χ2v) is 7.05. The van der Waals surface area contributed by atoms with Crippen LogP contribution in [0.2, 0.25) is 5.02 Å². The minimum Gasteiger partial charge on any atom is -0.397 e. The van der Waals surface area contributed by atoms with Crippen molar-refractivity contribution in [1.29, 1.82) is 0 Å². The first-order valence-electron chi connectivity index (χ1n) is 6.00. The fraction of sp³-hybridized carbons (Fsp3) is 0.308. The van der Waals surface area contributed by atoms with E-state index in [2.05, 4.69) is 5.10 Å². The highest BCUT2D eigenvalue weighted by Gasteiger charge is 2.23. The van der Waals surface area contributed by atoms with Gasteiger partial charge in [0, 0.05) is 7.05 Å². The smallest absolute Gasteiger partial charge is 0.186 e. The van der Waals surface area contributed by atoms with Crippen molar-refractivity contribution in [3.05, 3.63) is 40.2 Å². The van der Waals surface area contributed by atoms with Crippen LogP contribution >= 0.6 is 11.6 Å². The number of nitrogen functional groups attached to an aromatic ring is 1. The molecule has 0 aliphatic carbocycles. The fourth-order valence-electron chi connectivity index (χ4n) is 2.02. The first-order valence-corrected chi connectivity index (χ1v) is 8.03. The Bertz CT molecular complexity index is 766. The lowest BCUT2D eigenvalue weighted by atomic mass is 10.2. The zero-order chi connectivity index (χ0) is 15.1. The molecule has 0 aliphatic heterocycles. The number of nitrogens with zero attached hydrogens (tertiary/aromatic N) is 2. The van der Waals surface area contributed by atoms with Crippen LogP contribution in [0.25, 0.3) is 0 Å². The zero-order valence-corrected chi connectivity index (χ0v) is 13.1. The number of sulfone groups is 1. The molecule has 0 saturated carbocycles. The van der Waals surface area contributed by atoms with Crippen LogP contribution < -0.4 is 5.73 Å². The molecule has 5 nitrogen and oxygen atoms in total. The van der Waals surface area contributed by atoms with Crippen molar-refractivity contribution in [2.24, 2.45) is 7.05 Å². The van der Waals surface area contributed by atoms with Gasteiger partial charge in [-0.15, -0.1) is 0 Å². The molecule has 7 heteroatoms. The third-order valence-corrected chi connectivity index (χ3v) is 5.38. The third kappa shape index (κ3) is 2.53. The molecule has 0 fully saturated rings. The van der Waals surface area contributed by atoms with E-state index < -0.39 is 9.84 Å². The van der Waals surface area contributed by atoms with Crippen LogP contribution in [0.4, 0.5) is 5.69 Å². The second kappa shape index (κ2) is 5.10. The number of rotatable bonds is 3. The molecule has 1 heterocycles. The van der Waals surface area contributed by atoms with Gasteiger partial charge >= 0.3 is 0 Å². The Hall–Kier alpha value is -1.53. The molecule has 2 aromatic rings. The van der Waals surface area contributed by atoms with Crippen LogP contribution in [0.1, 0.15) is 17.0 Å². The van der Waals surface area contributed by atoms with E-state index in [1.54, 1.807) is 33.0 Å². The standard InChI is InChI=1S/C13H16ClN3O2S/c1-8-5-4-6-11(13(8)15)20(18,19)7-10-12(14)9(2)16-17(10)3/h4-6H,7,15H2,1-3H3. The Labute approximate surface area is 123 Å². The summed E-state index contributed by atoms with van der Waals surface area (Å²) in [6.45, 7) is 3.51. The Morgan fingerprint density at radius 3 is 2.55 bits per heavy atom. The summed E-state index contributed by atoms with van der Waals surface area (Å²) in [5.74, 6) is -0.225. The normalized spacial score (nSPS) is 11.8. The number of para-hydroxylation sites is 1. The molecule has 2 rings (SSSR count). The summed E-state index contributed by atoms with van der Waals surface area (Å²) in [5, 5.41) is 4.49. The van der Waals surface area contributed by atoms with E-state index in [-0.39, 0.29) is 16.3 Å². The van der Waals surface area contributed by atoms with E-state index in [0.717, 1.165) is 5.56 Å². The van der Waals surface area contributed by atoms with Gasteiger partial charge < -0.3 is 5.73 Å². The van der Waals surface area contributed by atoms with Crippen LogP contribution in [0.5, 0.6) is 0 Å². The lowest BCUT2D eigenvalue weighted by molar-refractivity contribution is 0.592. The van der Waals surface area contributed by atoms with Crippen LogP contribution in [0.15, 0.2) is 23.1 Å². The molecule has 108 valence electrons. The zero-order valence-electron chi connectivity index (χ0n) is 11.5. The van der Waals surface area contributed by atoms with E-state index >= 15 is 0 Å². The van der Waals surface area contributed by atoms with Gasteiger partial charge in [-0.1, -0.05) is 23.7 Å². The largest absolute Gasteiger partial charge is 0.397 e. The van der Waals surface area contributed by atoms with E-state index in [4.69, 9.17) is 17.3 Å². The van der Waals surface area contributed by atoms with Gasteiger partial charge in [0.1, 0.15) is 0 Å². The summed E-state index contributed by atoms with van der Waals surface area (Å²) in [4.78, 5) is 0.132. The molecular formula is C13H16ClN3O2S. The van der Waals surface area contributed by atoms with Crippen molar-refractivity contribution in [3.63, 3.8) is 0 Å². The molecule has 0 unspecified atom stereocenters. The average molecular weight is 314 g/mol. The Balaban J connectivity index is 2.49. The van der Waals surface area contributed by atoms with Gasteiger partial charge in [0.25, 0.3) is 0 Å². The molecule has 20 heavy (non-hydrogen) atoms. The lowest BCUT2D eigenvalue weighted by Crippen LogP contribution is -2.11. The molecule has 0 spiro atoms. The molecule has 0 amide bonds. The fourth-order valence-corrected chi connectivity index (χ4v) is 3.95. The number of aryl methyl sites for hydroxylation is 3. The van der Waals surface area contributed by atoms with Gasteiger partial charge in [0.2, 0.25) is 0 Å². The summed E-state index contributed by atoms with van der Waals surface area (Å²) < 4.78 is 26.5. The van der Waals surface area contributed by atoms with Crippen molar-refractivity contribution >= 4 is 27.1 Å². The van der Waals surface area contributed by atoms with Gasteiger partial charge in [0.15, 0.2) is 9.84 Å². The monoisotopic (exact) mass is 313 g/mol. The van der Waals surface area contributed by atoms with E-state index in [9.17, 15) is 8.42 Å². The molecular weight excluding hydrogens is 298 g/mol. The first-order chi connectivity index (χ1) is 9.24. The Kier molecular flexibility index (Phi) is 3.80. The molecule has 2 N–H and O–H groups in total. The maximum Gasteiger partial charge on any atom is 0.186 e. The summed E-state index contributed by atoms with van der Waals surface area (Å²) in [6.07, 6.45) is 0. The van der Waals surface area contributed by atoms with Crippen LogP contribution in [0.3, 0.4) is 0 Å². The third-order valence-electron chi connectivity index (χ3n) is 3.21. The summed E-state index contributed by atoms with van der Waals surface area (Å²) >= 11 is 6.10. The first kappa shape index (κ1) is 14.9. The minimum atomic E-state index is -3.57. The summed E-state index contributed by atoms with van der Waals surface area (Å²) in [5.41, 5.74) is 7.95. The number of hydrogen-bond donors (Lipinski definition) is 1. The molecule has 1 aromatic carbocycles. The van der Waals surface area contributed by atoms with Crippen LogP contribution in [-0.4, -0.2) is 18.2 Å². The molecule has 0 aliphatic rings. The second-order valence-electron chi connectivity index (χ2n) is 4.72. The minimum absolute atomic E-state index is 0.132. The average Bonchev–Trinajstić information content (AvgIpc) is 2.59. The summed E-state index contributed by atoms with van der Waals surface area (Å²) in [6, 6.07) is 4.96. The van der Waals surface area contributed by atoms with Crippen molar-refractivity contribution in [3.8, 4) is 0 Å². The van der Waals surface area contributed by atoms with Gasteiger partial charge in [-0.25, -0.2) is 8.42 Å². The Morgan fingerprint density at radius 2 is 2.00 bits per heavy atom. The maximum atomic E-state index is 12.5. The number of benzene rings is 1. The number of anilines is 1. The highest BCUT2D eigenvalue weighted by atomic mass is 35.5.